The second-order valence-corrected chi connectivity index (χ2v) is 6.64. The van der Waals surface area contributed by atoms with Gasteiger partial charge in [-0.3, -0.25) is 14.6 Å². The number of aromatic nitrogens is 4. The van der Waals surface area contributed by atoms with Gasteiger partial charge in [-0.05, 0) is 17.9 Å². The van der Waals surface area contributed by atoms with Crippen molar-refractivity contribution < 1.29 is 4.79 Å². The number of carbonyl (C=O) groups excluding carboxylic acids is 1. The van der Waals surface area contributed by atoms with Crippen molar-refractivity contribution in [1.29, 1.82) is 0 Å². The molecule has 0 bridgehead atoms. The number of nitrogens with one attached hydrogen (secondary N) is 1. The maximum Gasteiger partial charge on any atom is 0.274 e. The number of aromatic amines is 1. The molecule has 25 heavy (non-hydrogen) atoms. The van der Waals surface area contributed by atoms with Crippen LogP contribution in [0, 0.1) is 0 Å². The van der Waals surface area contributed by atoms with Gasteiger partial charge in [0.2, 0.25) is 0 Å². The van der Waals surface area contributed by atoms with Crippen molar-refractivity contribution in [2.24, 2.45) is 0 Å². The Morgan fingerprint density at radius 2 is 2.28 bits per heavy atom. The van der Waals surface area contributed by atoms with Crippen molar-refractivity contribution in [3.8, 4) is 11.3 Å². The maximum atomic E-state index is 12.5. The molecule has 4 rings (SSSR count). The molecule has 0 saturated carbocycles. The highest BCUT2D eigenvalue weighted by atomic mass is 32.1. The van der Waals surface area contributed by atoms with Gasteiger partial charge in [-0.2, -0.15) is 11.3 Å². The predicted octanol–water partition coefficient (Wildman–Crippen LogP) is 1.92. The van der Waals surface area contributed by atoms with Gasteiger partial charge in [0.15, 0.2) is 0 Å². The van der Waals surface area contributed by atoms with E-state index >= 15 is 0 Å². The first-order valence-electron chi connectivity index (χ1n) is 7.90. The van der Waals surface area contributed by atoms with Crippen molar-refractivity contribution in [2.45, 2.75) is 12.3 Å². The van der Waals surface area contributed by atoms with Crippen LogP contribution in [0.4, 0.5) is 0 Å². The molecule has 0 radical (unpaired) electrons. The van der Waals surface area contributed by atoms with Crippen LogP contribution >= 0.6 is 11.3 Å². The summed E-state index contributed by atoms with van der Waals surface area (Å²) >= 11 is 1.56. The number of rotatable bonds is 3. The lowest BCUT2D eigenvalue weighted by Gasteiger charge is -2.15. The molecule has 1 saturated heterocycles. The third kappa shape index (κ3) is 3.20. The van der Waals surface area contributed by atoms with Gasteiger partial charge in [-0.15, -0.1) is 0 Å². The lowest BCUT2D eigenvalue weighted by Crippen LogP contribution is -2.29. The SMILES string of the molecule is O=C(c1cnccn1)N1CCC(c2nc(-c3ccsc3)cc(=O)[nH]2)C1. The molecule has 8 heteroatoms. The van der Waals surface area contributed by atoms with Crippen LogP contribution in [-0.2, 0) is 0 Å². The number of thiophene rings is 1. The fourth-order valence-electron chi connectivity index (χ4n) is 2.97. The summed E-state index contributed by atoms with van der Waals surface area (Å²) in [5, 5.41) is 3.92. The van der Waals surface area contributed by atoms with E-state index in [1.807, 2.05) is 16.8 Å². The average Bonchev–Trinajstić information content (AvgIpc) is 3.33. The standard InChI is InChI=1S/C17H15N5O2S/c23-15-7-13(12-2-6-25-10-12)20-16(21-15)11-1-5-22(9-11)17(24)14-8-18-3-4-19-14/h2-4,6-8,10-11H,1,5,9H2,(H,20,21,23). The first kappa shape index (κ1) is 15.6. The minimum atomic E-state index is -0.176. The van der Waals surface area contributed by atoms with E-state index in [1.165, 1.54) is 24.7 Å². The van der Waals surface area contributed by atoms with Crippen LogP contribution < -0.4 is 5.56 Å². The highest BCUT2D eigenvalue weighted by Gasteiger charge is 2.30. The Kier molecular flexibility index (Phi) is 4.10. The molecule has 7 nitrogen and oxygen atoms in total. The zero-order valence-electron chi connectivity index (χ0n) is 13.3. The number of H-pyrrole nitrogens is 1. The van der Waals surface area contributed by atoms with E-state index in [0.29, 0.717) is 30.3 Å². The summed E-state index contributed by atoms with van der Waals surface area (Å²) in [6.07, 6.45) is 5.26. The second-order valence-electron chi connectivity index (χ2n) is 5.86. The second kappa shape index (κ2) is 6.56. The third-order valence-corrected chi connectivity index (χ3v) is 4.90. The van der Waals surface area contributed by atoms with Crippen molar-refractivity contribution in [3.63, 3.8) is 0 Å². The third-order valence-electron chi connectivity index (χ3n) is 4.22. The molecule has 1 N–H and O–H groups in total. The molecule has 0 aromatic carbocycles. The van der Waals surface area contributed by atoms with Gasteiger partial charge in [-0.1, -0.05) is 0 Å². The first-order chi connectivity index (χ1) is 12.2. The predicted molar refractivity (Wildman–Crippen MR) is 93.5 cm³/mol. The number of amides is 1. The first-order valence-corrected chi connectivity index (χ1v) is 8.84. The Morgan fingerprint density at radius 3 is 3.04 bits per heavy atom. The molecule has 0 aliphatic carbocycles. The van der Waals surface area contributed by atoms with Crippen molar-refractivity contribution >= 4 is 17.2 Å². The Balaban J connectivity index is 1.56. The Bertz CT molecular complexity index is 939. The Morgan fingerprint density at radius 1 is 1.36 bits per heavy atom. The number of nitrogens with zero attached hydrogens (tertiary/aromatic N) is 4. The fourth-order valence-corrected chi connectivity index (χ4v) is 3.62. The minimum Gasteiger partial charge on any atom is -0.337 e. The molecule has 1 aliphatic heterocycles. The van der Waals surface area contributed by atoms with E-state index in [0.717, 1.165) is 12.0 Å². The molecule has 1 unspecified atom stereocenters. The lowest BCUT2D eigenvalue weighted by molar-refractivity contribution is 0.0784. The monoisotopic (exact) mass is 353 g/mol. The number of hydrogen-bond donors (Lipinski definition) is 1. The molecule has 0 spiro atoms. The van der Waals surface area contributed by atoms with Gasteiger partial charge in [0, 0.05) is 48.4 Å². The molecule has 1 fully saturated rings. The average molecular weight is 353 g/mol. The zero-order chi connectivity index (χ0) is 17.2. The molecule has 126 valence electrons. The molecule has 4 heterocycles. The van der Waals surface area contributed by atoms with E-state index in [-0.39, 0.29) is 17.4 Å². The van der Waals surface area contributed by atoms with E-state index < -0.39 is 0 Å². The summed E-state index contributed by atoms with van der Waals surface area (Å²) in [6, 6.07) is 3.44. The van der Waals surface area contributed by atoms with Crippen LogP contribution in [0.15, 0.2) is 46.3 Å². The fraction of sp³-hybridized carbons (Fsp3) is 0.235. The van der Waals surface area contributed by atoms with Crippen LogP contribution in [0.5, 0.6) is 0 Å². The maximum absolute atomic E-state index is 12.5. The highest BCUT2D eigenvalue weighted by Crippen LogP contribution is 2.27. The zero-order valence-corrected chi connectivity index (χ0v) is 14.1. The van der Waals surface area contributed by atoms with Gasteiger partial charge in [0.25, 0.3) is 11.5 Å². The van der Waals surface area contributed by atoms with Crippen LogP contribution in [0.1, 0.15) is 28.7 Å². The molecule has 3 aromatic heterocycles. The number of carbonyl (C=O) groups is 1. The summed E-state index contributed by atoms with van der Waals surface area (Å²) in [6.45, 7) is 1.11. The summed E-state index contributed by atoms with van der Waals surface area (Å²) in [7, 11) is 0. The van der Waals surface area contributed by atoms with E-state index in [1.54, 1.807) is 16.2 Å². The quantitative estimate of drug-likeness (QED) is 0.777. The molecular weight excluding hydrogens is 338 g/mol. The lowest BCUT2D eigenvalue weighted by atomic mass is 10.1. The van der Waals surface area contributed by atoms with Crippen molar-refractivity contribution in [3.05, 3.63) is 63.4 Å². The highest BCUT2D eigenvalue weighted by molar-refractivity contribution is 7.08. The molecule has 1 amide bonds. The number of hydrogen-bond acceptors (Lipinski definition) is 6. The number of likely N-dealkylation sites (tertiary alicyclic amines) is 1. The van der Waals surface area contributed by atoms with Crippen molar-refractivity contribution in [2.75, 3.05) is 13.1 Å². The largest absolute Gasteiger partial charge is 0.337 e. The molecule has 1 aliphatic rings. The summed E-state index contributed by atoms with van der Waals surface area (Å²) < 4.78 is 0. The van der Waals surface area contributed by atoms with Gasteiger partial charge in [-0.25, -0.2) is 9.97 Å². The van der Waals surface area contributed by atoms with Crippen LogP contribution in [0.2, 0.25) is 0 Å². The van der Waals surface area contributed by atoms with E-state index in [4.69, 9.17) is 0 Å². The normalized spacial score (nSPS) is 17.0. The van der Waals surface area contributed by atoms with E-state index in [2.05, 4.69) is 19.9 Å². The van der Waals surface area contributed by atoms with Crippen molar-refractivity contribution in [1.82, 2.24) is 24.8 Å². The molecule has 1 atom stereocenters. The summed E-state index contributed by atoms with van der Waals surface area (Å²) in [4.78, 5) is 41.6. The van der Waals surface area contributed by atoms with Gasteiger partial charge in [0.05, 0.1) is 11.9 Å². The summed E-state index contributed by atoms with van der Waals surface area (Å²) in [5.74, 6) is 0.488. The van der Waals surface area contributed by atoms with E-state index in [9.17, 15) is 9.59 Å². The molecular formula is C17H15N5O2S. The smallest absolute Gasteiger partial charge is 0.274 e. The summed E-state index contributed by atoms with van der Waals surface area (Å²) in [5.41, 5.74) is 1.75. The van der Waals surface area contributed by atoms with Gasteiger partial charge >= 0.3 is 0 Å². The topological polar surface area (TPSA) is 91.8 Å². The Labute approximate surface area is 147 Å². The van der Waals surface area contributed by atoms with Crippen LogP contribution in [0.25, 0.3) is 11.3 Å². The van der Waals surface area contributed by atoms with Gasteiger partial charge in [0.1, 0.15) is 11.5 Å². The van der Waals surface area contributed by atoms with Crippen LogP contribution in [-0.4, -0.2) is 43.8 Å². The molecule has 3 aromatic rings. The van der Waals surface area contributed by atoms with Gasteiger partial charge < -0.3 is 9.88 Å². The van der Waals surface area contributed by atoms with Crippen LogP contribution in [0.3, 0.4) is 0 Å². The minimum absolute atomic E-state index is 0.00640. The Hall–Kier alpha value is -2.87.